The van der Waals surface area contributed by atoms with Gasteiger partial charge in [-0.3, -0.25) is 4.79 Å². The third-order valence-corrected chi connectivity index (χ3v) is 3.80. The summed E-state index contributed by atoms with van der Waals surface area (Å²) in [7, 11) is 1.57. The predicted octanol–water partition coefficient (Wildman–Crippen LogP) is 5.10. The normalized spacial score (nSPS) is 10.8. The molecule has 2 aromatic rings. The highest BCUT2D eigenvalue weighted by molar-refractivity contribution is 9.10. The Hall–Kier alpha value is -1.70. The Labute approximate surface area is 150 Å². The summed E-state index contributed by atoms with van der Waals surface area (Å²) in [6, 6.07) is 9.43. The van der Waals surface area contributed by atoms with Crippen LogP contribution in [-0.2, 0) is 11.3 Å². The summed E-state index contributed by atoms with van der Waals surface area (Å²) in [6.07, 6.45) is 0. The van der Waals surface area contributed by atoms with Crippen LogP contribution >= 0.6 is 27.5 Å². The molecule has 1 N–H and O–H groups in total. The molecule has 0 radical (unpaired) electrons. The van der Waals surface area contributed by atoms with E-state index in [4.69, 9.17) is 16.3 Å². The molecule has 2 rings (SSSR count). The van der Waals surface area contributed by atoms with Gasteiger partial charge in [-0.1, -0.05) is 23.7 Å². The maximum absolute atomic E-state index is 12.6. The molecule has 0 heterocycles. The molecule has 0 aromatic heterocycles. The van der Waals surface area contributed by atoms with Crippen molar-refractivity contribution in [2.24, 2.45) is 0 Å². The fourth-order valence-electron chi connectivity index (χ4n) is 1.98. The standard InChI is InChI=1S/C16H13BrClF2NO3/c1-23-8-9-2-4-10(5-3-9)15(22)21-13-7-11(18)6-12(17)14(13)24-16(19)20/h2-7,16H,8H2,1H3,(H,21,22). The number of nitrogens with one attached hydrogen (secondary N) is 1. The molecule has 0 bridgehead atoms. The molecular weight excluding hydrogens is 408 g/mol. The number of anilines is 1. The van der Waals surface area contributed by atoms with E-state index < -0.39 is 12.5 Å². The quantitative estimate of drug-likeness (QED) is 0.707. The first-order valence-corrected chi connectivity index (χ1v) is 7.91. The molecule has 2 aromatic carbocycles. The summed E-state index contributed by atoms with van der Waals surface area (Å²) in [5, 5.41) is 2.78. The zero-order chi connectivity index (χ0) is 17.7. The fourth-order valence-corrected chi connectivity index (χ4v) is 2.88. The number of amides is 1. The van der Waals surface area contributed by atoms with Crippen LogP contribution in [0.4, 0.5) is 14.5 Å². The van der Waals surface area contributed by atoms with Crippen molar-refractivity contribution < 1.29 is 23.0 Å². The molecule has 0 aliphatic rings. The van der Waals surface area contributed by atoms with Crippen molar-refractivity contribution in [2.45, 2.75) is 13.2 Å². The van der Waals surface area contributed by atoms with E-state index in [1.54, 1.807) is 31.4 Å². The van der Waals surface area contributed by atoms with Gasteiger partial charge >= 0.3 is 6.61 Å². The number of carbonyl (C=O) groups is 1. The van der Waals surface area contributed by atoms with Crippen molar-refractivity contribution in [1.82, 2.24) is 0 Å². The van der Waals surface area contributed by atoms with Crippen molar-refractivity contribution in [3.8, 4) is 5.75 Å². The van der Waals surface area contributed by atoms with Gasteiger partial charge in [0, 0.05) is 17.7 Å². The predicted molar refractivity (Wildman–Crippen MR) is 90.9 cm³/mol. The SMILES string of the molecule is COCc1ccc(C(=O)Nc2cc(Cl)cc(Br)c2OC(F)F)cc1. The fraction of sp³-hybridized carbons (Fsp3) is 0.188. The monoisotopic (exact) mass is 419 g/mol. The minimum atomic E-state index is -3.04. The number of halogens is 4. The number of alkyl halides is 2. The lowest BCUT2D eigenvalue weighted by molar-refractivity contribution is -0.0498. The highest BCUT2D eigenvalue weighted by Crippen LogP contribution is 2.37. The van der Waals surface area contributed by atoms with Crippen molar-refractivity contribution >= 4 is 39.1 Å². The summed E-state index contributed by atoms with van der Waals surface area (Å²) < 4.78 is 34.8. The lowest BCUT2D eigenvalue weighted by Gasteiger charge is -2.14. The number of carbonyl (C=O) groups excluding carboxylic acids is 1. The van der Waals surface area contributed by atoms with Crippen molar-refractivity contribution in [1.29, 1.82) is 0 Å². The summed E-state index contributed by atoms with van der Waals surface area (Å²) in [5.74, 6) is -0.675. The molecule has 0 unspecified atom stereocenters. The number of hydrogen-bond acceptors (Lipinski definition) is 3. The molecule has 0 atom stereocenters. The van der Waals surface area contributed by atoms with Gasteiger partial charge < -0.3 is 14.8 Å². The molecule has 0 aliphatic heterocycles. The van der Waals surface area contributed by atoms with Crippen LogP contribution in [0.25, 0.3) is 0 Å². The summed E-state index contributed by atoms with van der Waals surface area (Å²) in [4.78, 5) is 12.3. The minimum absolute atomic E-state index is 0.0423. The van der Waals surface area contributed by atoms with E-state index in [0.717, 1.165) is 5.56 Å². The highest BCUT2D eigenvalue weighted by atomic mass is 79.9. The van der Waals surface area contributed by atoms with Crippen LogP contribution in [0.3, 0.4) is 0 Å². The second-order valence-corrected chi connectivity index (χ2v) is 6.02. The molecule has 0 saturated heterocycles. The van der Waals surface area contributed by atoms with Gasteiger partial charge in [0.25, 0.3) is 5.91 Å². The first-order chi connectivity index (χ1) is 11.4. The van der Waals surface area contributed by atoms with Crippen LogP contribution in [-0.4, -0.2) is 19.6 Å². The van der Waals surface area contributed by atoms with Crippen LogP contribution in [0.2, 0.25) is 5.02 Å². The Balaban J connectivity index is 2.24. The van der Waals surface area contributed by atoms with Crippen LogP contribution in [0.15, 0.2) is 40.9 Å². The van der Waals surface area contributed by atoms with Gasteiger partial charge in [0.2, 0.25) is 0 Å². The molecule has 0 aliphatic carbocycles. The number of hydrogen-bond donors (Lipinski definition) is 1. The maximum Gasteiger partial charge on any atom is 0.387 e. The number of rotatable bonds is 6. The molecule has 8 heteroatoms. The van der Waals surface area contributed by atoms with Gasteiger partial charge in [-0.25, -0.2) is 0 Å². The lowest BCUT2D eigenvalue weighted by atomic mass is 10.1. The Morgan fingerprint density at radius 3 is 2.54 bits per heavy atom. The highest BCUT2D eigenvalue weighted by Gasteiger charge is 2.17. The van der Waals surface area contributed by atoms with Gasteiger partial charge in [-0.15, -0.1) is 0 Å². The Kier molecular flexibility index (Phi) is 6.53. The van der Waals surface area contributed by atoms with Crippen LogP contribution in [0.1, 0.15) is 15.9 Å². The second-order valence-electron chi connectivity index (χ2n) is 4.73. The molecule has 128 valence electrons. The Morgan fingerprint density at radius 1 is 1.29 bits per heavy atom. The van der Waals surface area contributed by atoms with Crippen molar-refractivity contribution in [3.05, 3.63) is 57.0 Å². The minimum Gasteiger partial charge on any atom is -0.431 e. The molecule has 24 heavy (non-hydrogen) atoms. The summed E-state index contributed by atoms with van der Waals surface area (Å²) >= 11 is 9.00. The second kappa shape index (κ2) is 8.41. The van der Waals surface area contributed by atoms with Crippen molar-refractivity contribution in [3.63, 3.8) is 0 Å². The van der Waals surface area contributed by atoms with E-state index in [9.17, 15) is 13.6 Å². The number of ether oxygens (including phenoxy) is 2. The van der Waals surface area contributed by atoms with Gasteiger partial charge in [0.15, 0.2) is 5.75 Å². The average Bonchev–Trinajstić information content (AvgIpc) is 2.51. The zero-order valence-corrected chi connectivity index (χ0v) is 14.8. The number of benzene rings is 2. The largest absolute Gasteiger partial charge is 0.431 e. The zero-order valence-electron chi connectivity index (χ0n) is 12.5. The van der Waals surface area contributed by atoms with Crippen LogP contribution in [0.5, 0.6) is 5.75 Å². The number of methoxy groups -OCH3 is 1. The molecule has 0 saturated carbocycles. The Bertz CT molecular complexity index is 726. The first kappa shape index (κ1) is 18.6. The molecule has 1 amide bonds. The van der Waals surface area contributed by atoms with E-state index in [2.05, 4.69) is 26.0 Å². The maximum atomic E-state index is 12.6. The third-order valence-electron chi connectivity index (χ3n) is 2.99. The average molecular weight is 421 g/mol. The summed E-state index contributed by atoms with van der Waals surface area (Å²) in [6.45, 7) is -2.61. The van der Waals surface area contributed by atoms with E-state index in [1.807, 2.05) is 0 Å². The molecule has 0 spiro atoms. The summed E-state index contributed by atoms with van der Waals surface area (Å²) in [5.41, 5.74) is 1.30. The molecular formula is C16H13BrClF2NO3. The lowest BCUT2D eigenvalue weighted by Crippen LogP contribution is -2.14. The van der Waals surface area contributed by atoms with Gasteiger partial charge in [-0.2, -0.15) is 8.78 Å². The van der Waals surface area contributed by atoms with Crippen LogP contribution < -0.4 is 10.1 Å². The first-order valence-electron chi connectivity index (χ1n) is 6.73. The Morgan fingerprint density at radius 2 is 1.96 bits per heavy atom. The smallest absolute Gasteiger partial charge is 0.387 e. The third kappa shape index (κ3) is 4.90. The van der Waals surface area contributed by atoms with Gasteiger partial charge in [0.1, 0.15) is 0 Å². The van der Waals surface area contributed by atoms with Gasteiger partial charge in [-0.05, 0) is 45.8 Å². The molecule has 4 nitrogen and oxygen atoms in total. The van der Waals surface area contributed by atoms with Crippen LogP contribution in [0, 0.1) is 0 Å². The van der Waals surface area contributed by atoms with E-state index in [-0.39, 0.29) is 20.9 Å². The molecule has 0 fully saturated rings. The topological polar surface area (TPSA) is 47.6 Å². The van der Waals surface area contributed by atoms with Crippen molar-refractivity contribution in [2.75, 3.05) is 12.4 Å². The van der Waals surface area contributed by atoms with E-state index in [1.165, 1.54) is 12.1 Å². The van der Waals surface area contributed by atoms with Gasteiger partial charge in [0.05, 0.1) is 16.8 Å². The van der Waals surface area contributed by atoms with E-state index in [0.29, 0.717) is 12.2 Å². The van der Waals surface area contributed by atoms with E-state index >= 15 is 0 Å².